The van der Waals surface area contributed by atoms with Gasteiger partial charge in [-0.2, -0.15) is 4.98 Å². The SMILES string of the molecule is Cc1nc(Cl)nc(Nc2ccc3c(c2)CCC3)c1[N+](=O)[O-]. The minimum absolute atomic E-state index is 0.0123. The molecule has 0 radical (unpaired) electrons. The molecule has 0 fully saturated rings. The molecular formula is C14H13ClN4O2. The molecule has 1 heterocycles. The molecule has 2 aromatic rings. The van der Waals surface area contributed by atoms with Gasteiger partial charge in [-0.05, 0) is 61.0 Å². The Labute approximate surface area is 126 Å². The van der Waals surface area contributed by atoms with Gasteiger partial charge in [-0.3, -0.25) is 10.1 Å². The molecule has 7 heteroatoms. The second-order valence-corrected chi connectivity index (χ2v) is 5.33. The lowest BCUT2D eigenvalue weighted by Crippen LogP contribution is -2.04. The second-order valence-electron chi connectivity index (χ2n) is 4.99. The molecule has 0 amide bonds. The number of hydrogen-bond donors (Lipinski definition) is 1. The van der Waals surface area contributed by atoms with Gasteiger partial charge in [0.15, 0.2) is 0 Å². The summed E-state index contributed by atoms with van der Waals surface area (Å²) in [7, 11) is 0. The highest BCUT2D eigenvalue weighted by molar-refractivity contribution is 6.28. The van der Waals surface area contributed by atoms with E-state index in [0.717, 1.165) is 24.9 Å². The first-order chi connectivity index (χ1) is 10.0. The third kappa shape index (κ3) is 2.67. The molecule has 1 aliphatic rings. The molecule has 3 rings (SSSR count). The van der Waals surface area contributed by atoms with Gasteiger partial charge >= 0.3 is 5.69 Å². The Morgan fingerprint density at radius 3 is 2.81 bits per heavy atom. The van der Waals surface area contributed by atoms with Crippen molar-refractivity contribution in [3.05, 3.63) is 50.4 Å². The summed E-state index contributed by atoms with van der Waals surface area (Å²) < 4.78 is 0. The predicted octanol–water partition coefficient (Wildman–Crippen LogP) is 3.58. The van der Waals surface area contributed by atoms with Crippen LogP contribution in [0.3, 0.4) is 0 Å². The van der Waals surface area contributed by atoms with Crippen molar-refractivity contribution in [1.82, 2.24) is 9.97 Å². The second kappa shape index (κ2) is 5.29. The van der Waals surface area contributed by atoms with Gasteiger partial charge in [0.05, 0.1) is 4.92 Å². The summed E-state index contributed by atoms with van der Waals surface area (Å²) in [6, 6.07) is 5.96. The smallest absolute Gasteiger partial charge is 0.332 e. The highest BCUT2D eigenvalue weighted by Crippen LogP contribution is 2.31. The fraction of sp³-hybridized carbons (Fsp3) is 0.286. The normalized spacial score (nSPS) is 13.0. The highest BCUT2D eigenvalue weighted by atomic mass is 35.5. The van der Waals surface area contributed by atoms with Crippen molar-refractivity contribution in [2.24, 2.45) is 0 Å². The summed E-state index contributed by atoms with van der Waals surface area (Å²) >= 11 is 5.80. The van der Waals surface area contributed by atoms with Gasteiger partial charge in [-0.25, -0.2) is 4.98 Å². The molecule has 0 spiro atoms. The quantitative estimate of drug-likeness (QED) is 0.532. The van der Waals surface area contributed by atoms with Crippen molar-refractivity contribution >= 4 is 28.8 Å². The number of anilines is 2. The maximum atomic E-state index is 11.2. The average Bonchev–Trinajstić information content (AvgIpc) is 2.84. The van der Waals surface area contributed by atoms with Gasteiger partial charge in [0.1, 0.15) is 5.69 Å². The Morgan fingerprint density at radius 1 is 1.29 bits per heavy atom. The number of nitrogens with one attached hydrogen (secondary N) is 1. The fourth-order valence-corrected chi connectivity index (χ4v) is 2.84. The minimum Gasteiger partial charge on any atom is -0.334 e. The van der Waals surface area contributed by atoms with Crippen molar-refractivity contribution in [3.63, 3.8) is 0 Å². The first-order valence-corrected chi connectivity index (χ1v) is 7.00. The van der Waals surface area contributed by atoms with Gasteiger partial charge in [0.2, 0.25) is 11.1 Å². The van der Waals surface area contributed by atoms with Crippen LogP contribution in [-0.2, 0) is 12.8 Å². The van der Waals surface area contributed by atoms with E-state index in [-0.39, 0.29) is 22.5 Å². The molecule has 6 nitrogen and oxygen atoms in total. The van der Waals surface area contributed by atoms with Crippen molar-refractivity contribution in [2.75, 3.05) is 5.32 Å². The molecule has 1 N–H and O–H groups in total. The molecule has 0 aliphatic heterocycles. The van der Waals surface area contributed by atoms with Gasteiger partial charge in [-0.15, -0.1) is 0 Å². The molecular weight excluding hydrogens is 292 g/mol. The van der Waals surface area contributed by atoms with Crippen LogP contribution in [0.25, 0.3) is 0 Å². The topological polar surface area (TPSA) is 81.0 Å². The van der Waals surface area contributed by atoms with Crippen LogP contribution < -0.4 is 5.32 Å². The van der Waals surface area contributed by atoms with Crippen molar-refractivity contribution < 1.29 is 4.92 Å². The molecule has 0 unspecified atom stereocenters. The highest BCUT2D eigenvalue weighted by Gasteiger charge is 2.22. The summed E-state index contributed by atoms with van der Waals surface area (Å²) in [6.45, 7) is 1.54. The van der Waals surface area contributed by atoms with E-state index in [2.05, 4.69) is 15.3 Å². The first-order valence-electron chi connectivity index (χ1n) is 6.62. The van der Waals surface area contributed by atoms with Crippen molar-refractivity contribution in [2.45, 2.75) is 26.2 Å². The maximum Gasteiger partial charge on any atom is 0.332 e. The minimum atomic E-state index is -0.499. The summed E-state index contributed by atoms with van der Waals surface area (Å²) in [6.07, 6.45) is 3.28. The Kier molecular flexibility index (Phi) is 3.47. The molecule has 0 atom stereocenters. The molecule has 0 saturated heterocycles. The number of benzene rings is 1. The van der Waals surface area contributed by atoms with E-state index >= 15 is 0 Å². The fourth-order valence-electron chi connectivity index (χ4n) is 2.62. The van der Waals surface area contributed by atoms with Crippen LogP contribution in [0.5, 0.6) is 0 Å². The number of hydrogen-bond acceptors (Lipinski definition) is 5. The van der Waals surface area contributed by atoms with E-state index < -0.39 is 4.92 Å². The van der Waals surface area contributed by atoms with Crippen molar-refractivity contribution in [3.8, 4) is 0 Å². The predicted molar refractivity (Wildman–Crippen MR) is 80.2 cm³/mol. The zero-order valence-electron chi connectivity index (χ0n) is 11.4. The largest absolute Gasteiger partial charge is 0.334 e. The molecule has 1 aromatic heterocycles. The van der Waals surface area contributed by atoms with Crippen LogP contribution in [0.2, 0.25) is 5.28 Å². The third-order valence-corrected chi connectivity index (χ3v) is 3.74. The zero-order valence-corrected chi connectivity index (χ0v) is 12.1. The van der Waals surface area contributed by atoms with E-state index in [1.807, 2.05) is 18.2 Å². The summed E-state index contributed by atoms with van der Waals surface area (Å²) in [5, 5.41) is 14.1. The Bertz CT molecular complexity index is 733. The van der Waals surface area contributed by atoms with E-state index in [1.54, 1.807) is 6.92 Å². The van der Waals surface area contributed by atoms with Crippen LogP contribution >= 0.6 is 11.6 Å². The van der Waals surface area contributed by atoms with E-state index in [1.165, 1.54) is 11.1 Å². The van der Waals surface area contributed by atoms with Gasteiger partial charge < -0.3 is 5.32 Å². The lowest BCUT2D eigenvalue weighted by molar-refractivity contribution is -0.385. The molecule has 0 saturated carbocycles. The monoisotopic (exact) mass is 304 g/mol. The maximum absolute atomic E-state index is 11.2. The van der Waals surface area contributed by atoms with Gasteiger partial charge in [0.25, 0.3) is 0 Å². The number of nitro groups is 1. The third-order valence-electron chi connectivity index (χ3n) is 3.57. The van der Waals surface area contributed by atoms with Crippen LogP contribution in [0.4, 0.5) is 17.2 Å². The van der Waals surface area contributed by atoms with E-state index in [0.29, 0.717) is 0 Å². The Morgan fingerprint density at radius 2 is 2.05 bits per heavy atom. The average molecular weight is 305 g/mol. The molecule has 1 aromatic carbocycles. The van der Waals surface area contributed by atoms with Gasteiger partial charge in [0, 0.05) is 5.69 Å². The Hall–Kier alpha value is -2.21. The van der Waals surface area contributed by atoms with Gasteiger partial charge in [-0.1, -0.05) is 6.07 Å². The standard InChI is InChI=1S/C14H13ClN4O2/c1-8-12(19(20)21)13(18-14(15)16-8)17-11-6-5-9-3-2-4-10(9)7-11/h5-7H,2-4H2,1H3,(H,16,17,18). The summed E-state index contributed by atoms with van der Waals surface area (Å²) in [5.41, 5.74) is 3.47. The molecule has 108 valence electrons. The number of halogens is 1. The molecule has 1 aliphatic carbocycles. The van der Waals surface area contributed by atoms with Crippen LogP contribution in [0, 0.1) is 17.0 Å². The summed E-state index contributed by atoms with van der Waals surface area (Å²) in [4.78, 5) is 18.4. The van der Waals surface area contributed by atoms with Crippen LogP contribution in [-0.4, -0.2) is 14.9 Å². The lowest BCUT2D eigenvalue weighted by atomic mass is 10.1. The number of aromatic nitrogens is 2. The van der Waals surface area contributed by atoms with Crippen molar-refractivity contribution in [1.29, 1.82) is 0 Å². The zero-order chi connectivity index (χ0) is 15.0. The lowest BCUT2D eigenvalue weighted by Gasteiger charge is -2.09. The summed E-state index contributed by atoms with van der Waals surface area (Å²) in [5.74, 6) is 0.121. The van der Waals surface area contributed by atoms with E-state index in [9.17, 15) is 10.1 Å². The number of nitrogens with zero attached hydrogens (tertiary/aromatic N) is 3. The van der Waals surface area contributed by atoms with Crippen LogP contribution in [0.1, 0.15) is 23.2 Å². The number of fused-ring (bicyclic) bond motifs is 1. The number of rotatable bonds is 3. The molecule has 0 bridgehead atoms. The first kappa shape index (κ1) is 13.8. The molecule has 21 heavy (non-hydrogen) atoms. The number of aryl methyl sites for hydroxylation is 3. The Balaban J connectivity index is 1.99. The van der Waals surface area contributed by atoms with E-state index in [4.69, 9.17) is 11.6 Å². The van der Waals surface area contributed by atoms with Crippen LogP contribution in [0.15, 0.2) is 18.2 Å².